The number of carbonyl (C=O) groups excluding carboxylic acids is 1. The molecule has 0 unspecified atom stereocenters. The summed E-state index contributed by atoms with van der Waals surface area (Å²) in [7, 11) is 3.52. The number of benzene rings is 1. The predicted molar refractivity (Wildman–Crippen MR) is 62.2 cm³/mol. The average molecular weight is 220 g/mol. The van der Waals surface area contributed by atoms with E-state index in [0.29, 0.717) is 5.82 Å². The zero-order valence-electron chi connectivity index (χ0n) is 9.51. The number of ether oxygens (including phenoxy) is 1. The van der Waals surface area contributed by atoms with E-state index < -0.39 is 5.97 Å². The van der Waals surface area contributed by atoms with Gasteiger partial charge >= 0.3 is 5.97 Å². The molecule has 16 heavy (non-hydrogen) atoms. The minimum atomic E-state index is -0.435. The Balaban J connectivity index is 2.45. The molecule has 0 aromatic heterocycles. The maximum atomic E-state index is 11.3. The summed E-state index contributed by atoms with van der Waals surface area (Å²) < 4.78 is 5.03. The van der Waals surface area contributed by atoms with Gasteiger partial charge in [-0.1, -0.05) is 30.3 Å². The van der Waals surface area contributed by atoms with Crippen LogP contribution in [-0.2, 0) is 16.1 Å². The van der Waals surface area contributed by atoms with Crippen LogP contribution in [0, 0.1) is 0 Å². The maximum absolute atomic E-state index is 11.3. The Morgan fingerprint density at radius 2 is 2.00 bits per heavy atom. The fourth-order valence-corrected chi connectivity index (χ4v) is 1.02. The fourth-order valence-electron chi connectivity index (χ4n) is 1.02. The van der Waals surface area contributed by atoms with Gasteiger partial charge in [-0.15, -0.1) is 0 Å². The van der Waals surface area contributed by atoms with E-state index in [4.69, 9.17) is 10.5 Å². The number of carbonyl (C=O) groups is 1. The van der Waals surface area contributed by atoms with E-state index in [1.54, 1.807) is 19.0 Å². The lowest BCUT2D eigenvalue weighted by molar-refractivity contribution is -0.139. The van der Waals surface area contributed by atoms with E-state index in [2.05, 4.69) is 0 Å². The summed E-state index contributed by atoms with van der Waals surface area (Å²) in [6.07, 6.45) is 1.27. The van der Waals surface area contributed by atoms with Crippen LogP contribution in [0.2, 0.25) is 0 Å². The van der Waals surface area contributed by atoms with Gasteiger partial charge in [0.1, 0.15) is 12.4 Å². The summed E-state index contributed by atoms with van der Waals surface area (Å²) in [6, 6.07) is 9.49. The first-order valence-corrected chi connectivity index (χ1v) is 4.95. The quantitative estimate of drug-likeness (QED) is 0.609. The topological polar surface area (TPSA) is 55.6 Å². The molecule has 0 fully saturated rings. The summed E-state index contributed by atoms with van der Waals surface area (Å²) in [5.74, 6) is -0.0619. The third kappa shape index (κ3) is 4.04. The molecule has 4 heteroatoms. The lowest BCUT2D eigenvalue weighted by atomic mass is 10.2. The monoisotopic (exact) mass is 220 g/mol. The molecular weight excluding hydrogens is 204 g/mol. The number of hydrogen-bond acceptors (Lipinski definition) is 4. The van der Waals surface area contributed by atoms with Crippen LogP contribution in [0.5, 0.6) is 0 Å². The van der Waals surface area contributed by atoms with Crippen molar-refractivity contribution in [2.45, 2.75) is 6.61 Å². The summed E-state index contributed by atoms with van der Waals surface area (Å²) in [5, 5.41) is 0. The first-order valence-electron chi connectivity index (χ1n) is 4.95. The van der Waals surface area contributed by atoms with Gasteiger partial charge in [-0.05, 0) is 5.56 Å². The molecular formula is C12H16N2O2. The molecule has 0 saturated heterocycles. The SMILES string of the molecule is CN(C)C(N)=CC(=O)OCc1ccccc1. The molecule has 0 saturated carbocycles. The van der Waals surface area contributed by atoms with E-state index in [0.717, 1.165) is 5.56 Å². The molecule has 0 amide bonds. The van der Waals surface area contributed by atoms with Crippen molar-refractivity contribution < 1.29 is 9.53 Å². The number of nitrogens with two attached hydrogens (primary N) is 1. The third-order valence-electron chi connectivity index (χ3n) is 2.01. The highest BCUT2D eigenvalue weighted by atomic mass is 16.5. The molecule has 1 aromatic rings. The lowest BCUT2D eigenvalue weighted by Gasteiger charge is -2.11. The standard InChI is InChI=1S/C12H16N2O2/c1-14(2)11(13)8-12(15)16-9-10-6-4-3-5-7-10/h3-8H,9,13H2,1-2H3. The van der Waals surface area contributed by atoms with Crippen LogP contribution in [0.1, 0.15) is 5.56 Å². The van der Waals surface area contributed by atoms with Crippen molar-refractivity contribution in [3.8, 4) is 0 Å². The van der Waals surface area contributed by atoms with Crippen LogP contribution < -0.4 is 5.73 Å². The molecule has 0 bridgehead atoms. The number of hydrogen-bond donors (Lipinski definition) is 1. The lowest BCUT2D eigenvalue weighted by Crippen LogP contribution is -2.20. The second kappa shape index (κ2) is 5.80. The molecule has 0 heterocycles. The summed E-state index contributed by atoms with van der Waals surface area (Å²) in [5.41, 5.74) is 6.52. The van der Waals surface area contributed by atoms with Crippen LogP contribution in [0.3, 0.4) is 0 Å². The van der Waals surface area contributed by atoms with E-state index in [1.165, 1.54) is 6.08 Å². The molecule has 0 atom stereocenters. The Labute approximate surface area is 95.3 Å². The normalized spacial score (nSPS) is 11.0. The van der Waals surface area contributed by atoms with Gasteiger partial charge in [0.05, 0.1) is 6.08 Å². The van der Waals surface area contributed by atoms with Crippen LogP contribution >= 0.6 is 0 Å². The molecule has 0 aliphatic rings. The summed E-state index contributed by atoms with van der Waals surface area (Å²) in [4.78, 5) is 13.0. The highest BCUT2D eigenvalue weighted by Crippen LogP contribution is 2.01. The van der Waals surface area contributed by atoms with Crippen LogP contribution in [0.4, 0.5) is 0 Å². The third-order valence-corrected chi connectivity index (χ3v) is 2.01. The molecule has 1 rings (SSSR count). The van der Waals surface area contributed by atoms with E-state index >= 15 is 0 Å². The van der Waals surface area contributed by atoms with Gasteiger partial charge in [-0.25, -0.2) is 4.79 Å². The smallest absolute Gasteiger partial charge is 0.334 e. The van der Waals surface area contributed by atoms with Crippen molar-refractivity contribution in [2.24, 2.45) is 5.73 Å². The minimum absolute atomic E-state index is 0.261. The Bertz CT molecular complexity index is 372. The predicted octanol–water partition coefficient (Wildman–Crippen LogP) is 1.09. The van der Waals surface area contributed by atoms with Crippen molar-refractivity contribution in [3.05, 3.63) is 47.8 Å². The molecule has 4 nitrogen and oxygen atoms in total. The van der Waals surface area contributed by atoms with Crippen molar-refractivity contribution in [1.29, 1.82) is 0 Å². The van der Waals surface area contributed by atoms with Gasteiger partial charge in [-0.2, -0.15) is 0 Å². The summed E-state index contributed by atoms with van der Waals surface area (Å²) in [6.45, 7) is 0.261. The first-order chi connectivity index (χ1) is 7.59. The largest absolute Gasteiger partial charge is 0.458 e. The van der Waals surface area contributed by atoms with Crippen LogP contribution in [0.15, 0.2) is 42.2 Å². The zero-order valence-corrected chi connectivity index (χ0v) is 9.51. The Hall–Kier alpha value is -1.97. The van der Waals surface area contributed by atoms with Gasteiger partial charge in [0.25, 0.3) is 0 Å². The molecule has 2 N–H and O–H groups in total. The van der Waals surface area contributed by atoms with Crippen LogP contribution in [0.25, 0.3) is 0 Å². The summed E-state index contributed by atoms with van der Waals surface area (Å²) >= 11 is 0. The molecule has 0 radical (unpaired) electrons. The number of rotatable bonds is 4. The highest BCUT2D eigenvalue weighted by Gasteiger charge is 2.01. The number of esters is 1. The van der Waals surface area contributed by atoms with Gasteiger partial charge in [0.15, 0.2) is 0 Å². The number of nitrogens with zero attached hydrogens (tertiary/aromatic N) is 1. The first kappa shape index (κ1) is 12.1. The van der Waals surface area contributed by atoms with E-state index in [1.807, 2.05) is 30.3 Å². The molecule has 1 aromatic carbocycles. The molecule has 0 aliphatic carbocycles. The van der Waals surface area contributed by atoms with Gasteiger partial charge in [0, 0.05) is 14.1 Å². The van der Waals surface area contributed by atoms with Crippen molar-refractivity contribution >= 4 is 5.97 Å². The van der Waals surface area contributed by atoms with Gasteiger partial charge in [-0.3, -0.25) is 0 Å². The van der Waals surface area contributed by atoms with Crippen molar-refractivity contribution in [1.82, 2.24) is 4.90 Å². The van der Waals surface area contributed by atoms with Crippen LogP contribution in [-0.4, -0.2) is 25.0 Å². The van der Waals surface area contributed by atoms with Gasteiger partial charge < -0.3 is 15.4 Å². The van der Waals surface area contributed by atoms with E-state index in [-0.39, 0.29) is 6.61 Å². The maximum Gasteiger partial charge on any atom is 0.334 e. The minimum Gasteiger partial charge on any atom is -0.458 e. The Morgan fingerprint density at radius 1 is 1.38 bits per heavy atom. The van der Waals surface area contributed by atoms with Gasteiger partial charge in [0.2, 0.25) is 0 Å². The molecule has 0 spiro atoms. The molecule has 0 aliphatic heterocycles. The highest BCUT2D eigenvalue weighted by molar-refractivity contribution is 5.82. The van der Waals surface area contributed by atoms with Crippen molar-refractivity contribution in [2.75, 3.05) is 14.1 Å². The second-order valence-electron chi connectivity index (χ2n) is 3.56. The zero-order chi connectivity index (χ0) is 12.0. The Kier molecular flexibility index (Phi) is 4.39. The van der Waals surface area contributed by atoms with Crippen molar-refractivity contribution in [3.63, 3.8) is 0 Å². The average Bonchev–Trinajstić information content (AvgIpc) is 2.27. The fraction of sp³-hybridized carbons (Fsp3) is 0.250. The second-order valence-corrected chi connectivity index (χ2v) is 3.56. The van der Waals surface area contributed by atoms with E-state index in [9.17, 15) is 4.79 Å². The molecule has 86 valence electrons. The Morgan fingerprint density at radius 3 is 2.56 bits per heavy atom.